The number of carboxylic acids is 1. The summed E-state index contributed by atoms with van der Waals surface area (Å²) in [6.45, 7) is 5.30. The van der Waals surface area contributed by atoms with Crippen molar-refractivity contribution in [2.75, 3.05) is 7.05 Å². The molecular formula is C17H21NO3. The SMILES string of the molecule is Cc1occc1CN(C)Cc1ccc(C(C)C(=O)O)cc1. The van der Waals surface area contributed by atoms with Gasteiger partial charge in [0, 0.05) is 18.7 Å². The van der Waals surface area contributed by atoms with Crippen LogP contribution in [0.15, 0.2) is 41.0 Å². The van der Waals surface area contributed by atoms with Crippen LogP contribution in [0, 0.1) is 6.92 Å². The van der Waals surface area contributed by atoms with Gasteiger partial charge >= 0.3 is 5.97 Å². The van der Waals surface area contributed by atoms with Gasteiger partial charge in [-0.3, -0.25) is 9.69 Å². The Labute approximate surface area is 125 Å². The topological polar surface area (TPSA) is 53.7 Å². The molecule has 0 spiro atoms. The van der Waals surface area contributed by atoms with Crippen LogP contribution in [0.4, 0.5) is 0 Å². The minimum Gasteiger partial charge on any atom is -0.481 e. The lowest BCUT2D eigenvalue weighted by Crippen LogP contribution is -2.17. The molecule has 0 aliphatic carbocycles. The molecule has 1 unspecified atom stereocenters. The minimum absolute atomic E-state index is 0.467. The number of aryl methyl sites for hydroxylation is 1. The highest BCUT2D eigenvalue weighted by atomic mass is 16.4. The van der Waals surface area contributed by atoms with Crippen LogP contribution in [0.3, 0.4) is 0 Å². The normalized spacial score (nSPS) is 12.6. The lowest BCUT2D eigenvalue weighted by atomic mass is 10.00. The Bertz CT molecular complexity index is 601. The highest BCUT2D eigenvalue weighted by Gasteiger charge is 2.13. The van der Waals surface area contributed by atoms with Crippen LogP contribution in [0.25, 0.3) is 0 Å². The fraction of sp³-hybridized carbons (Fsp3) is 0.353. The highest BCUT2D eigenvalue weighted by Crippen LogP contribution is 2.17. The maximum absolute atomic E-state index is 11.0. The number of carboxylic acid groups (broad SMARTS) is 1. The largest absolute Gasteiger partial charge is 0.481 e. The fourth-order valence-electron chi connectivity index (χ4n) is 2.29. The van der Waals surface area contributed by atoms with E-state index in [0.717, 1.165) is 24.4 Å². The second kappa shape index (κ2) is 6.59. The molecule has 21 heavy (non-hydrogen) atoms. The smallest absolute Gasteiger partial charge is 0.310 e. The van der Waals surface area contributed by atoms with Gasteiger partial charge in [-0.25, -0.2) is 0 Å². The van der Waals surface area contributed by atoms with Crippen LogP contribution >= 0.6 is 0 Å². The summed E-state index contributed by atoms with van der Waals surface area (Å²) in [6.07, 6.45) is 1.71. The third-order valence-electron chi connectivity index (χ3n) is 3.71. The van der Waals surface area contributed by atoms with Gasteiger partial charge in [-0.05, 0) is 38.1 Å². The molecule has 0 aliphatic heterocycles. The minimum atomic E-state index is -0.796. The molecule has 0 fully saturated rings. The number of carbonyl (C=O) groups is 1. The van der Waals surface area contributed by atoms with E-state index in [1.165, 1.54) is 11.1 Å². The molecule has 1 aromatic heterocycles. The molecule has 0 bridgehead atoms. The monoisotopic (exact) mass is 287 g/mol. The van der Waals surface area contributed by atoms with E-state index in [1.807, 2.05) is 37.3 Å². The molecule has 0 aliphatic rings. The van der Waals surface area contributed by atoms with E-state index in [0.29, 0.717) is 0 Å². The van der Waals surface area contributed by atoms with E-state index >= 15 is 0 Å². The van der Waals surface area contributed by atoms with E-state index < -0.39 is 11.9 Å². The summed E-state index contributed by atoms with van der Waals surface area (Å²) in [5, 5.41) is 9.00. The molecule has 0 radical (unpaired) electrons. The molecule has 112 valence electrons. The van der Waals surface area contributed by atoms with Crippen LogP contribution in [-0.2, 0) is 17.9 Å². The lowest BCUT2D eigenvalue weighted by molar-refractivity contribution is -0.138. The van der Waals surface area contributed by atoms with E-state index in [4.69, 9.17) is 9.52 Å². The summed E-state index contributed by atoms with van der Waals surface area (Å²) in [6, 6.07) is 9.76. The van der Waals surface area contributed by atoms with Gasteiger partial charge in [0.2, 0.25) is 0 Å². The van der Waals surface area contributed by atoms with Crippen LogP contribution in [0.5, 0.6) is 0 Å². The van der Waals surface area contributed by atoms with Gasteiger partial charge in [-0.1, -0.05) is 24.3 Å². The van der Waals surface area contributed by atoms with Crippen LogP contribution in [0.1, 0.15) is 35.3 Å². The summed E-state index contributed by atoms with van der Waals surface area (Å²) in [5.41, 5.74) is 3.19. The number of benzene rings is 1. The fourth-order valence-corrected chi connectivity index (χ4v) is 2.29. The predicted octanol–water partition coefficient (Wildman–Crippen LogP) is 3.41. The highest BCUT2D eigenvalue weighted by molar-refractivity contribution is 5.75. The van der Waals surface area contributed by atoms with Crippen molar-refractivity contribution in [2.24, 2.45) is 0 Å². The molecular weight excluding hydrogens is 266 g/mol. The average molecular weight is 287 g/mol. The third-order valence-corrected chi connectivity index (χ3v) is 3.71. The first-order chi connectivity index (χ1) is 9.97. The molecule has 1 aromatic carbocycles. The molecule has 4 heteroatoms. The first kappa shape index (κ1) is 15.3. The van der Waals surface area contributed by atoms with Crippen LogP contribution < -0.4 is 0 Å². The quantitative estimate of drug-likeness (QED) is 0.884. The number of rotatable bonds is 6. The number of hydrogen-bond donors (Lipinski definition) is 1. The zero-order chi connectivity index (χ0) is 15.4. The zero-order valence-corrected chi connectivity index (χ0v) is 12.7. The number of hydrogen-bond acceptors (Lipinski definition) is 3. The summed E-state index contributed by atoms with van der Waals surface area (Å²) in [4.78, 5) is 13.2. The van der Waals surface area contributed by atoms with E-state index in [1.54, 1.807) is 13.2 Å². The van der Waals surface area contributed by atoms with Crippen LogP contribution in [0.2, 0.25) is 0 Å². The maximum Gasteiger partial charge on any atom is 0.310 e. The maximum atomic E-state index is 11.0. The first-order valence-corrected chi connectivity index (χ1v) is 7.00. The Morgan fingerprint density at radius 2 is 1.90 bits per heavy atom. The average Bonchev–Trinajstić information content (AvgIpc) is 2.84. The van der Waals surface area contributed by atoms with E-state index in [9.17, 15) is 4.79 Å². The van der Waals surface area contributed by atoms with Crippen molar-refractivity contribution in [3.05, 3.63) is 59.0 Å². The standard InChI is InChI=1S/C17H21NO3/c1-12(17(19)20)15-6-4-14(5-7-15)10-18(3)11-16-8-9-21-13(16)2/h4-9,12H,10-11H2,1-3H3,(H,19,20). The molecule has 1 atom stereocenters. The summed E-state index contributed by atoms with van der Waals surface area (Å²) in [5.74, 6) is -0.312. The van der Waals surface area contributed by atoms with Gasteiger partial charge in [0.1, 0.15) is 5.76 Å². The molecule has 0 amide bonds. The third kappa shape index (κ3) is 3.95. The Hall–Kier alpha value is -2.07. The molecule has 0 saturated heterocycles. The second-order valence-electron chi connectivity index (χ2n) is 5.48. The van der Waals surface area contributed by atoms with E-state index in [-0.39, 0.29) is 0 Å². The second-order valence-corrected chi connectivity index (χ2v) is 5.48. The Balaban J connectivity index is 1.97. The Kier molecular flexibility index (Phi) is 4.81. The molecule has 0 saturated carbocycles. The van der Waals surface area contributed by atoms with Gasteiger partial charge in [-0.2, -0.15) is 0 Å². The van der Waals surface area contributed by atoms with Gasteiger partial charge < -0.3 is 9.52 Å². The van der Waals surface area contributed by atoms with Gasteiger partial charge in [0.25, 0.3) is 0 Å². The zero-order valence-electron chi connectivity index (χ0n) is 12.7. The Morgan fingerprint density at radius 1 is 1.24 bits per heavy atom. The molecule has 4 nitrogen and oxygen atoms in total. The van der Waals surface area contributed by atoms with Gasteiger partial charge in [-0.15, -0.1) is 0 Å². The van der Waals surface area contributed by atoms with Crippen molar-refractivity contribution in [1.82, 2.24) is 4.90 Å². The molecule has 2 aromatic rings. The molecule has 1 N–H and O–H groups in total. The van der Waals surface area contributed by atoms with E-state index in [2.05, 4.69) is 11.9 Å². The van der Waals surface area contributed by atoms with Crippen molar-refractivity contribution in [3.63, 3.8) is 0 Å². The van der Waals surface area contributed by atoms with Crippen LogP contribution in [-0.4, -0.2) is 23.0 Å². The van der Waals surface area contributed by atoms with Gasteiger partial charge in [0.15, 0.2) is 0 Å². The molecule has 1 heterocycles. The van der Waals surface area contributed by atoms with Gasteiger partial charge in [0.05, 0.1) is 12.2 Å². The van der Waals surface area contributed by atoms with Crippen molar-refractivity contribution in [3.8, 4) is 0 Å². The summed E-state index contributed by atoms with van der Waals surface area (Å²) in [7, 11) is 2.06. The molecule has 2 rings (SSSR count). The van der Waals surface area contributed by atoms with Crippen molar-refractivity contribution >= 4 is 5.97 Å². The number of nitrogens with zero attached hydrogens (tertiary/aromatic N) is 1. The summed E-state index contributed by atoms with van der Waals surface area (Å²) < 4.78 is 5.30. The number of furan rings is 1. The van der Waals surface area contributed by atoms with Crippen molar-refractivity contribution in [2.45, 2.75) is 32.9 Å². The van der Waals surface area contributed by atoms with Crippen molar-refractivity contribution < 1.29 is 14.3 Å². The van der Waals surface area contributed by atoms with Crippen molar-refractivity contribution in [1.29, 1.82) is 0 Å². The predicted molar refractivity (Wildman–Crippen MR) is 81.1 cm³/mol. The lowest BCUT2D eigenvalue weighted by Gasteiger charge is -2.17. The first-order valence-electron chi connectivity index (χ1n) is 7.00. The number of aliphatic carboxylic acids is 1. The summed E-state index contributed by atoms with van der Waals surface area (Å²) >= 11 is 0. The Morgan fingerprint density at radius 3 is 2.43 bits per heavy atom.